The predicted octanol–water partition coefficient (Wildman–Crippen LogP) is 3.53. The first-order valence-corrected chi connectivity index (χ1v) is 8.84. The minimum absolute atomic E-state index is 0.0582. The monoisotopic (exact) mass is 392 g/mol. The number of nitrogens with one attached hydrogen (secondary N) is 1. The van der Waals surface area contributed by atoms with Crippen molar-refractivity contribution in [3.8, 4) is 17.0 Å². The molecule has 29 heavy (non-hydrogen) atoms. The van der Waals surface area contributed by atoms with E-state index < -0.39 is 11.7 Å². The highest BCUT2D eigenvalue weighted by molar-refractivity contribution is 6.03. The van der Waals surface area contributed by atoms with Crippen LogP contribution in [0, 0.1) is 12.7 Å². The van der Waals surface area contributed by atoms with Crippen molar-refractivity contribution in [3.63, 3.8) is 0 Å². The van der Waals surface area contributed by atoms with E-state index in [1.807, 2.05) is 18.2 Å². The molecule has 0 radical (unpaired) electrons. The third-order valence-electron chi connectivity index (χ3n) is 4.67. The molecule has 7 nitrogen and oxygen atoms in total. The van der Waals surface area contributed by atoms with Gasteiger partial charge >= 0.3 is 0 Å². The fourth-order valence-electron chi connectivity index (χ4n) is 3.06. The number of para-hydroxylation sites is 1. The number of rotatable bonds is 4. The average Bonchev–Trinajstić information content (AvgIpc) is 3.29. The van der Waals surface area contributed by atoms with Crippen LogP contribution >= 0.6 is 0 Å². The standard InChI is InChI=1S/C21H17FN4O3/c1-13-19(21(28)26(25(13)2)14-8-4-3-5-9-14)23-20(27)17-12-18(29-24-17)15-10-6-7-11-16(15)22/h3-12H,1-2H3,(H,23,27). The minimum atomic E-state index is -0.623. The summed E-state index contributed by atoms with van der Waals surface area (Å²) in [6, 6.07) is 16.4. The Balaban J connectivity index is 1.65. The summed E-state index contributed by atoms with van der Waals surface area (Å²) in [6.07, 6.45) is 0. The van der Waals surface area contributed by atoms with Crippen molar-refractivity contribution in [1.29, 1.82) is 0 Å². The first-order chi connectivity index (χ1) is 14.0. The van der Waals surface area contributed by atoms with Crippen LogP contribution in [-0.4, -0.2) is 20.4 Å². The van der Waals surface area contributed by atoms with E-state index in [9.17, 15) is 14.0 Å². The minimum Gasteiger partial charge on any atom is -0.355 e. The summed E-state index contributed by atoms with van der Waals surface area (Å²) >= 11 is 0. The number of carbonyl (C=O) groups excluding carboxylic acids is 1. The van der Waals surface area contributed by atoms with Gasteiger partial charge in [0.1, 0.15) is 11.5 Å². The molecule has 0 aliphatic carbocycles. The maximum absolute atomic E-state index is 13.9. The number of halogens is 1. The molecule has 0 fully saturated rings. The molecule has 8 heteroatoms. The van der Waals surface area contributed by atoms with Crippen molar-refractivity contribution in [2.45, 2.75) is 6.92 Å². The molecule has 0 aliphatic heterocycles. The van der Waals surface area contributed by atoms with E-state index in [2.05, 4.69) is 10.5 Å². The fraction of sp³-hybridized carbons (Fsp3) is 0.0952. The Hall–Kier alpha value is -3.94. The second-order valence-electron chi connectivity index (χ2n) is 6.45. The molecule has 2 aromatic carbocycles. The number of anilines is 1. The van der Waals surface area contributed by atoms with Crippen LogP contribution in [-0.2, 0) is 7.05 Å². The largest absolute Gasteiger partial charge is 0.355 e. The van der Waals surface area contributed by atoms with Gasteiger partial charge in [-0.15, -0.1) is 0 Å². The Morgan fingerprint density at radius 2 is 1.79 bits per heavy atom. The van der Waals surface area contributed by atoms with Crippen LogP contribution in [0.5, 0.6) is 0 Å². The second kappa shape index (κ2) is 7.23. The van der Waals surface area contributed by atoms with Gasteiger partial charge in [0.05, 0.1) is 16.9 Å². The van der Waals surface area contributed by atoms with E-state index in [-0.39, 0.29) is 28.3 Å². The molecule has 0 aliphatic rings. The molecule has 2 aromatic heterocycles. The molecule has 4 rings (SSSR count). The Labute approximate surface area is 165 Å². The normalized spacial score (nSPS) is 10.9. The van der Waals surface area contributed by atoms with E-state index >= 15 is 0 Å². The van der Waals surface area contributed by atoms with Crippen LogP contribution in [0.4, 0.5) is 10.1 Å². The number of amides is 1. The molecular weight excluding hydrogens is 375 g/mol. The van der Waals surface area contributed by atoms with Gasteiger partial charge in [-0.05, 0) is 31.2 Å². The van der Waals surface area contributed by atoms with E-state index in [1.165, 1.54) is 22.9 Å². The van der Waals surface area contributed by atoms with Crippen LogP contribution in [0.15, 0.2) is 70.0 Å². The van der Waals surface area contributed by atoms with Crippen LogP contribution in [0.2, 0.25) is 0 Å². The van der Waals surface area contributed by atoms with Gasteiger partial charge in [-0.3, -0.25) is 14.3 Å². The quantitative estimate of drug-likeness (QED) is 0.576. The van der Waals surface area contributed by atoms with Crippen molar-refractivity contribution in [1.82, 2.24) is 14.5 Å². The zero-order valence-electron chi connectivity index (χ0n) is 15.7. The fourth-order valence-corrected chi connectivity index (χ4v) is 3.06. The lowest BCUT2D eigenvalue weighted by molar-refractivity contribution is 0.101. The maximum atomic E-state index is 13.9. The molecule has 0 saturated heterocycles. The summed E-state index contributed by atoms with van der Waals surface area (Å²) in [4.78, 5) is 25.5. The topological polar surface area (TPSA) is 82.1 Å². The van der Waals surface area contributed by atoms with Gasteiger partial charge in [0.15, 0.2) is 11.5 Å². The van der Waals surface area contributed by atoms with Gasteiger partial charge in [-0.1, -0.05) is 35.5 Å². The SMILES string of the molecule is Cc1c(NC(=O)c2cc(-c3ccccc3F)on2)c(=O)n(-c2ccccc2)n1C. The zero-order valence-corrected chi connectivity index (χ0v) is 15.7. The van der Waals surface area contributed by atoms with E-state index in [0.717, 1.165) is 0 Å². The maximum Gasteiger partial charge on any atom is 0.295 e. The molecule has 4 aromatic rings. The molecule has 2 heterocycles. The van der Waals surface area contributed by atoms with Gasteiger partial charge in [-0.2, -0.15) is 0 Å². The highest BCUT2D eigenvalue weighted by Gasteiger charge is 2.21. The molecule has 1 amide bonds. The second-order valence-corrected chi connectivity index (χ2v) is 6.45. The summed E-state index contributed by atoms with van der Waals surface area (Å²) in [5, 5.41) is 6.30. The van der Waals surface area contributed by atoms with Gasteiger partial charge in [-0.25, -0.2) is 9.07 Å². The van der Waals surface area contributed by atoms with Crippen molar-refractivity contribution < 1.29 is 13.7 Å². The van der Waals surface area contributed by atoms with Crippen LogP contribution in [0.1, 0.15) is 16.2 Å². The van der Waals surface area contributed by atoms with Crippen LogP contribution < -0.4 is 10.9 Å². The first-order valence-electron chi connectivity index (χ1n) is 8.84. The summed E-state index contributed by atoms with van der Waals surface area (Å²) in [7, 11) is 1.73. The smallest absolute Gasteiger partial charge is 0.295 e. The third-order valence-corrected chi connectivity index (χ3v) is 4.67. The van der Waals surface area contributed by atoms with Gasteiger partial charge in [0, 0.05) is 13.1 Å². The number of benzene rings is 2. The highest BCUT2D eigenvalue weighted by Crippen LogP contribution is 2.23. The predicted molar refractivity (Wildman–Crippen MR) is 106 cm³/mol. The van der Waals surface area contributed by atoms with Gasteiger partial charge in [0.2, 0.25) is 0 Å². The molecule has 0 spiro atoms. The van der Waals surface area contributed by atoms with Crippen LogP contribution in [0.25, 0.3) is 17.0 Å². The zero-order chi connectivity index (χ0) is 20.5. The number of nitrogens with zero attached hydrogens (tertiary/aromatic N) is 3. The first kappa shape index (κ1) is 18.4. The Bertz CT molecular complexity index is 1250. The molecule has 1 N–H and O–H groups in total. The van der Waals surface area contributed by atoms with E-state index in [1.54, 1.807) is 42.9 Å². The molecule has 0 bridgehead atoms. The van der Waals surface area contributed by atoms with E-state index in [0.29, 0.717) is 11.4 Å². The van der Waals surface area contributed by atoms with Crippen LogP contribution in [0.3, 0.4) is 0 Å². The van der Waals surface area contributed by atoms with E-state index in [4.69, 9.17) is 4.52 Å². The van der Waals surface area contributed by atoms with Crippen molar-refractivity contribution in [2.75, 3.05) is 5.32 Å². The molecule has 0 saturated carbocycles. The van der Waals surface area contributed by atoms with Gasteiger partial charge in [0.25, 0.3) is 11.5 Å². The number of aromatic nitrogens is 3. The molecular formula is C21H17FN4O3. The summed E-state index contributed by atoms with van der Waals surface area (Å²) in [5.41, 5.74) is 1.15. The number of hydrogen-bond donors (Lipinski definition) is 1. The molecule has 0 atom stereocenters. The summed E-state index contributed by atoms with van der Waals surface area (Å²) < 4.78 is 22.1. The number of carbonyl (C=O) groups is 1. The van der Waals surface area contributed by atoms with Crippen molar-refractivity contribution in [2.24, 2.45) is 7.05 Å². The summed E-state index contributed by atoms with van der Waals surface area (Å²) in [6.45, 7) is 1.73. The average molecular weight is 392 g/mol. The van der Waals surface area contributed by atoms with Crippen molar-refractivity contribution >= 4 is 11.6 Å². The highest BCUT2D eigenvalue weighted by atomic mass is 19.1. The molecule has 146 valence electrons. The van der Waals surface area contributed by atoms with Gasteiger partial charge < -0.3 is 9.84 Å². The lowest BCUT2D eigenvalue weighted by Gasteiger charge is -2.07. The molecule has 0 unspecified atom stereocenters. The Morgan fingerprint density at radius 1 is 1.10 bits per heavy atom. The Kier molecular flexibility index (Phi) is 4.59. The third kappa shape index (κ3) is 3.25. The Morgan fingerprint density at radius 3 is 2.52 bits per heavy atom. The van der Waals surface area contributed by atoms with Crippen molar-refractivity contribution in [3.05, 3.63) is 88.2 Å². The lowest BCUT2D eigenvalue weighted by atomic mass is 10.1. The summed E-state index contributed by atoms with van der Waals surface area (Å²) in [5.74, 6) is -0.984. The lowest BCUT2D eigenvalue weighted by Crippen LogP contribution is -2.23. The number of hydrogen-bond acceptors (Lipinski definition) is 4.